The Morgan fingerprint density at radius 1 is 1.25 bits per heavy atom. The van der Waals surface area contributed by atoms with Gasteiger partial charge in [-0.3, -0.25) is 0 Å². The van der Waals surface area contributed by atoms with Crippen molar-refractivity contribution >= 4 is 5.84 Å². The van der Waals surface area contributed by atoms with Crippen LogP contribution in [0.25, 0.3) is 0 Å². The van der Waals surface area contributed by atoms with E-state index in [-0.39, 0.29) is 0 Å². The van der Waals surface area contributed by atoms with E-state index in [4.69, 9.17) is 10.9 Å². The Balaban J connectivity index is 3.89. The van der Waals surface area contributed by atoms with E-state index >= 15 is 0 Å². The zero-order chi connectivity index (χ0) is 12.6. The minimum Gasteiger partial charge on any atom is -0.409 e. The first kappa shape index (κ1) is 15.2. The maximum atomic E-state index is 8.47. The zero-order valence-corrected chi connectivity index (χ0v) is 11.0. The van der Waals surface area contributed by atoms with Gasteiger partial charge in [-0.2, -0.15) is 0 Å². The van der Waals surface area contributed by atoms with Gasteiger partial charge in [-0.25, -0.2) is 0 Å². The molecule has 16 heavy (non-hydrogen) atoms. The number of nitrogens with zero attached hydrogens (tertiary/aromatic N) is 3. The molecule has 0 heterocycles. The third-order valence-electron chi connectivity index (χ3n) is 2.56. The normalized spacial score (nSPS) is 13.1. The number of amidine groups is 1. The number of oxime groups is 1. The molecule has 0 amide bonds. The topological polar surface area (TPSA) is 65.1 Å². The van der Waals surface area contributed by atoms with E-state index in [2.05, 4.69) is 42.9 Å². The van der Waals surface area contributed by atoms with Gasteiger partial charge in [-0.1, -0.05) is 5.16 Å². The fourth-order valence-corrected chi connectivity index (χ4v) is 1.53. The quantitative estimate of drug-likeness (QED) is 0.280. The molecule has 96 valence electrons. The summed E-state index contributed by atoms with van der Waals surface area (Å²) in [5, 5.41) is 11.5. The zero-order valence-electron chi connectivity index (χ0n) is 11.0. The highest BCUT2D eigenvalue weighted by molar-refractivity contribution is 5.79. The Morgan fingerprint density at radius 3 is 2.31 bits per heavy atom. The number of rotatable bonds is 8. The molecule has 0 aliphatic rings. The van der Waals surface area contributed by atoms with E-state index < -0.39 is 0 Å². The Morgan fingerprint density at radius 2 is 1.88 bits per heavy atom. The first-order chi connectivity index (χ1) is 7.47. The fraction of sp³-hybridized carbons (Fsp3) is 0.909. The Kier molecular flexibility index (Phi) is 7.93. The van der Waals surface area contributed by atoms with Crippen molar-refractivity contribution in [3.63, 3.8) is 0 Å². The maximum Gasteiger partial charge on any atom is 0.140 e. The smallest absolute Gasteiger partial charge is 0.140 e. The molecule has 5 heteroatoms. The van der Waals surface area contributed by atoms with Crippen LogP contribution in [0.2, 0.25) is 0 Å². The summed E-state index contributed by atoms with van der Waals surface area (Å²) in [5.74, 6) is 0.304. The molecule has 0 aromatic carbocycles. The fourth-order valence-electron chi connectivity index (χ4n) is 1.53. The van der Waals surface area contributed by atoms with Crippen LogP contribution in [0.15, 0.2) is 5.16 Å². The lowest BCUT2D eigenvalue weighted by Crippen LogP contribution is -2.35. The summed E-state index contributed by atoms with van der Waals surface area (Å²) in [7, 11) is 4.16. The first-order valence-corrected chi connectivity index (χ1v) is 5.82. The van der Waals surface area contributed by atoms with Crippen LogP contribution in [0, 0.1) is 0 Å². The highest BCUT2D eigenvalue weighted by atomic mass is 16.4. The van der Waals surface area contributed by atoms with Crippen molar-refractivity contribution in [2.75, 3.05) is 33.7 Å². The Labute approximate surface area is 98.9 Å². The molecular weight excluding hydrogens is 204 g/mol. The number of hydrogen-bond donors (Lipinski definition) is 2. The predicted octanol–water partition coefficient (Wildman–Crippen LogP) is 0.785. The third-order valence-corrected chi connectivity index (χ3v) is 2.56. The third kappa shape index (κ3) is 7.48. The van der Waals surface area contributed by atoms with Crippen molar-refractivity contribution in [2.24, 2.45) is 10.9 Å². The second kappa shape index (κ2) is 8.35. The molecule has 0 radical (unpaired) electrons. The minimum absolute atomic E-state index is 0.304. The Hall–Kier alpha value is -0.810. The van der Waals surface area contributed by atoms with Crippen LogP contribution in [0.3, 0.4) is 0 Å². The summed E-state index contributed by atoms with van der Waals surface area (Å²) in [6, 6.07) is 0.494. The first-order valence-electron chi connectivity index (χ1n) is 5.82. The maximum absolute atomic E-state index is 8.47. The van der Waals surface area contributed by atoms with E-state index in [1.165, 1.54) is 0 Å². The van der Waals surface area contributed by atoms with Crippen molar-refractivity contribution in [1.29, 1.82) is 0 Å². The van der Waals surface area contributed by atoms with Gasteiger partial charge in [-0.05, 0) is 47.5 Å². The monoisotopic (exact) mass is 230 g/mol. The van der Waals surface area contributed by atoms with Crippen molar-refractivity contribution in [2.45, 2.75) is 32.7 Å². The average molecular weight is 230 g/mol. The SMILES string of the molecule is CC(C)N(CCCN(C)C)CCC(N)=NO. The molecule has 3 N–H and O–H groups in total. The highest BCUT2D eigenvalue weighted by Crippen LogP contribution is 2.01. The lowest BCUT2D eigenvalue weighted by atomic mass is 10.2. The second-order valence-electron chi connectivity index (χ2n) is 4.63. The molecule has 0 saturated heterocycles. The minimum atomic E-state index is 0.304. The number of hydrogen-bond acceptors (Lipinski definition) is 4. The summed E-state index contributed by atoms with van der Waals surface area (Å²) in [5.41, 5.74) is 5.46. The van der Waals surface area contributed by atoms with Gasteiger partial charge in [-0.15, -0.1) is 0 Å². The van der Waals surface area contributed by atoms with Gasteiger partial charge in [0.15, 0.2) is 0 Å². The molecule has 0 atom stereocenters. The van der Waals surface area contributed by atoms with Crippen LogP contribution < -0.4 is 5.73 Å². The number of nitrogens with two attached hydrogens (primary N) is 1. The lowest BCUT2D eigenvalue weighted by Gasteiger charge is -2.26. The molecule has 0 saturated carbocycles. The van der Waals surface area contributed by atoms with Crippen molar-refractivity contribution in [3.05, 3.63) is 0 Å². The summed E-state index contributed by atoms with van der Waals surface area (Å²) >= 11 is 0. The van der Waals surface area contributed by atoms with E-state index in [0.29, 0.717) is 18.3 Å². The summed E-state index contributed by atoms with van der Waals surface area (Å²) < 4.78 is 0. The average Bonchev–Trinajstić information content (AvgIpc) is 2.21. The van der Waals surface area contributed by atoms with Crippen LogP contribution in [-0.2, 0) is 0 Å². The van der Waals surface area contributed by atoms with Gasteiger partial charge in [0.2, 0.25) is 0 Å². The van der Waals surface area contributed by atoms with Gasteiger partial charge in [0.1, 0.15) is 5.84 Å². The molecular formula is C11H26N4O. The van der Waals surface area contributed by atoms with Crippen LogP contribution in [0.1, 0.15) is 26.7 Å². The Bertz CT molecular complexity index is 204. The van der Waals surface area contributed by atoms with Crippen molar-refractivity contribution < 1.29 is 5.21 Å². The molecule has 0 bridgehead atoms. The summed E-state index contributed by atoms with van der Waals surface area (Å²) in [6.07, 6.45) is 1.76. The van der Waals surface area contributed by atoms with Gasteiger partial charge in [0.05, 0.1) is 0 Å². The molecule has 0 aromatic heterocycles. The summed E-state index contributed by atoms with van der Waals surface area (Å²) in [6.45, 7) is 7.33. The van der Waals surface area contributed by atoms with Gasteiger partial charge in [0, 0.05) is 19.0 Å². The highest BCUT2D eigenvalue weighted by Gasteiger charge is 2.09. The molecule has 0 unspecified atom stereocenters. The van der Waals surface area contributed by atoms with E-state index in [1.807, 2.05) is 0 Å². The van der Waals surface area contributed by atoms with E-state index in [1.54, 1.807) is 0 Å². The van der Waals surface area contributed by atoms with Gasteiger partial charge >= 0.3 is 0 Å². The van der Waals surface area contributed by atoms with Crippen molar-refractivity contribution in [3.8, 4) is 0 Å². The lowest BCUT2D eigenvalue weighted by molar-refractivity contribution is 0.214. The molecule has 0 rings (SSSR count). The summed E-state index contributed by atoms with van der Waals surface area (Å²) in [4.78, 5) is 4.53. The van der Waals surface area contributed by atoms with Gasteiger partial charge < -0.3 is 20.7 Å². The van der Waals surface area contributed by atoms with Crippen LogP contribution in [0.5, 0.6) is 0 Å². The molecule has 0 aliphatic carbocycles. The molecule has 0 aliphatic heterocycles. The molecule has 0 fully saturated rings. The molecule has 5 nitrogen and oxygen atoms in total. The van der Waals surface area contributed by atoms with Crippen LogP contribution in [0.4, 0.5) is 0 Å². The molecule has 0 aromatic rings. The van der Waals surface area contributed by atoms with Crippen LogP contribution >= 0.6 is 0 Å². The van der Waals surface area contributed by atoms with Gasteiger partial charge in [0.25, 0.3) is 0 Å². The standard InChI is InChI=1S/C11H26N4O/c1-10(2)15(8-5-7-14(3)4)9-6-11(12)13-16/h10,16H,5-9H2,1-4H3,(H2,12,13). The molecule has 0 spiro atoms. The largest absolute Gasteiger partial charge is 0.409 e. The second-order valence-corrected chi connectivity index (χ2v) is 4.63. The van der Waals surface area contributed by atoms with E-state index in [0.717, 1.165) is 26.1 Å². The van der Waals surface area contributed by atoms with Crippen molar-refractivity contribution in [1.82, 2.24) is 9.80 Å². The predicted molar refractivity (Wildman–Crippen MR) is 67.9 cm³/mol. The van der Waals surface area contributed by atoms with E-state index in [9.17, 15) is 0 Å². The van der Waals surface area contributed by atoms with Crippen LogP contribution in [-0.4, -0.2) is 60.6 Å².